The number of ether oxygens (including phenoxy) is 1. The molecule has 0 aliphatic heterocycles. The molecule has 0 amide bonds. The van der Waals surface area contributed by atoms with Gasteiger partial charge in [-0.25, -0.2) is 0 Å². The number of nitrogens with two attached hydrogens (primary N) is 2. The van der Waals surface area contributed by atoms with Crippen molar-refractivity contribution in [1.82, 2.24) is 0 Å². The zero-order chi connectivity index (χ0) is 19.4. The second-order valence-corrected chi connectivity index (χ2v) is 7.66. The molecule has 0 radical (unpaired) electrons. The van der Waals surface area contributed by atoms with Crippen molar-refractivity contribution in [3.63, 3.8) is 0 Å². The van der Waals surface area contributed by atoms with Gasteiger partial charge < -0.3 is 16.2 Å². The third-order valence-electron chi connectivity index (χ3n) is 2.98. The number of hydrogen-bond acceptors (Lipinski definition) is 7. The zero-order valence-corrected chi connectivity index (χ0v) is 15.0. The molecule has 0 heterocycles. The van der Waals surface area contributed by atoms with Crippen LogP contribution in [0, 0.1) is 6.92 Å². The fourth-order valence-electron chi connectivity index (χ4n) is 1.83. The number of nitrogen functional groups attached to an aromatic ring is 2. The molecule has 0 fully saturated rings. The smallest absolute Gasteiger partial charge is 0.296 e. The molecule has 2 aromatic carbocycles. The molecule has 25 heavy (non-hydrogen) atoms. The molecule has 0 aliphatic rings. The summed E-state index contributed by atoms with van der Waals surface area (Å²) < 4.78 is 65.0. The quantitative estimate of drug-likeness (QED) is 0.446. The van der Waals surface area contributed by atoms with Crippen molar-refractivity contribution in [1.29, 1.82) is 0 Å². The lowest BCUT2D eigenvalue weighted by atomic mass is 10.2. The van der Waals surface area contributed by atoms with Gasteiger partial charge in [-0.2, -0.15) is 16.8 Å². The van der Waals surface area contributed by atoms with Gasteiger partial charge in [0.15, 0.2) is 0 Å². The van der Waals surface area contributed by atoms with Gasteiger partial charge in [-0.3, -0.25) is 9.11 Å². The largest absolute Gasteiger partial charge is 0.497 e. The summed E-state index contributed by atoms with van der Waals surface area (Å²) in [4.78, 5) is -0.441. The van der Waals surface area contributed by atoms with E-state index in [1.807, 2.05) is 0 Å². The molecule has 0 saturated carbocycles. The molecule has 0 unspecified atom stereocenters. The molecule has 2 aromatic rings. The summed E-state index contributed by atoms with van der Waals surface area (Å²) >= 11 is 0. The normalized spacial score (nSPS) is 11.4. The van der Waals surface area contributed by atoms with Gasteiger partial charge in [-0.1, -0.05) is 0 Å². The molecule has 9 nitrogen and oxygen atoms in total. The highest BCUT2D eigenvalue weighted by molar-refractivity contribution is 7.86. The molecule has 0 atom stereocenters. The monoisotopic (exact) mass is 390 g/mol. The van der Waals surface area contributed by atoms with Crippen molar-refractivity contribution in [2.45, 2.75) is 16.7 Å². The average molecular weight is 390 g/mol. The van der Waals surface area contributed by atoms with Gasteiger partial charge in [-0.05, 0) is 42.8 Å². The third-order valence-corrected chi connectivity index (χ3v) is 4.90. The summed E-state index contributed by atoms with van der Waals surface area (Å²) in [6.07, 6.45) is 0. The fourth-order valence-corrected chi connectivity index (χ4v) is 3.16. The Bertz CT molecular complexity index is 971. The van der Waals surface area contributed by atoms with Crippen LogP contribution in [0.1, 0.15) is 5.56 Å². The number of anilines is 2. The summed E-state index contributed by atoms with van der Waals surface area (Å²) in [5.74, 6) is 0.321. The van der Waals surface area contributed by atoms with E-state index in [1.165, 1.54) is 37.4 Å². The van der Waals surface area contributed by atoms with Crippen LogP contribution < -0.4 is 16.2 Å². The lowest BCUT2D eigenvalue weighted by Crippen LogP contribution is -2.03. The van der Waals surface area contributed by atoms with Gasteiger partial charge in [0.05, 0.1) is 17.7 Å². The van der Waals surface area contributed by atoms with Crippen LogP contribution in [-0.4, -0.2) is 33.1 Å². The van der Waals surface area contributed by atoms with Gasteiger partial charge in [0.2, 0.25) is 0 Å². The SMILES string of the molecule is COc1ccc(N)c(S(=O)(=O)O)c1.Cc1cc(N)ccc1S(=O)(=O)O. The minimum Gasteiger partial charge on any atom is -0.497 e. The summed E-state index contributed by atoms with van der Waals surface area (Å²) in [7, 11) is -6.99. The second kappa shape index (κ2) is 7.70. The van der Waals surface area contributed by atoms with Crippen molar-refractivity contribution in [3.8, 4) is 5.75 Å². The Balaban J connectivity index is 0.000000251. The van der Waals surface area contributed by atoms with Crippen molar-refractivity contribution < 1.29 is 30.7 Å². The van der Waals surface area contributed by atoms with Gasteiger partial charge >= 0.3 is 0 Å². The van der Waals surface area contributed by atoms with E-state index in [0.717, 1.165) is 6.07 Å². The Morgan fingerprint density at radius 2 is 1.44 bits per heavy atom. The Morgan fingerprint density at radius 3 is 1.88 bits per heavy atom. The molecule has 138 valence electrons. The first-order chi connectivity index (χ1) is 11.4. The Labute approximate surface area is 145 Å². The zero-order valence-electron chi connectivity index (χ0n) is 13.4. The van der Waals surface area contributed by atoms with Crippen molar-refractivity contribution in [2.24, 2.45) is 0 Å². The van der Waals surface area contributed by atoms with Crippen LogP contribution in [0.5, 0.6) is 5.75 Å². The van der Waals surface area contributed by atoms with E-state index < -0.39 is 20.2 Å². The summed E-state index contributed by atoms with van der Waals surface area (Å²) in [6.45, 7) is 1.57. The number of hydrogen-bond donors (Lipinski definition) is 4. The van der Waals surface area contributed by atoms with Gasteiger partial charge in [0.25, 0.3) is 20.2 Å². The topological polar surface area (TPSA) is 170 Å². The highest BCUT2D eigenvalue weighted by Crippen LogP contribution is 2.23. The van der Waals surface area contributed by atoms with E-state index in [9.17, 15) is 16.8 Å². The molecule has 0 bridgehead atoms. The van der Waals surface area contributed by atoms with Crippen LogP contribution in [0.2, 0.25) is 0 Å². The van der Waals surface area contributed by atoms with E-state index in [4.69, 9.17) is 25.3 Å². The predicted molar refractivity (Wildman–Crippen MR) is 92.6 cm³/mol. The Hall–Kier alpha value is -2.34. The fraction of sp³-hybridized carbons (Fsp3) is 0.143. The minimum absolute atomic E-state index is 0.0108. The maximum atomic E-state index is 10.7. The van der Waals surface area contributed by atoms with E-state index in [-0.39, 0.29) is 15.5 Å². The molecule has 0 saturated heterocycles. The molecule has 0 aromatic heterocycles. The van der Waals surface area contributed by atoms with E-state index in [2.05, 4.69) is 0 Å². The van der Waals surface area contributed by atoms with Crippen molar-refractivity contribution in [3.05, 3.63) is 42.0 Å². The lowest BCUT2D eigenvalue weighted by molar-refractivity contribution is 0.412. The number of methoxy groups -OCH3 is 1. The van der Waals surface area contributed by atoms with Crippen LogP contribution in [0.15, 0.2) is 46.2 Å². The van der Waals surface area contributed by atoms with E-state index in [0.29, 0.717) is 17.0 Å². The molecule has 11 heteroatoms. The molecule has 0 aliphatic carbocycles. The standard InChI is InChI=1S/C7H9NO4S.C7H9NO3S/c1-12-5-2-3-6(8)7(4-5)13(9,10)11;1-5-4-6(8)2-3-7(5)12(9,10)11/h2-4H,8H2,1H3,(H,9,10,11);2-4H,8H2,1H3,(H,9,10,11). The van der Waals surface area contributed by atoms with Crippen LogP contribution in [0.25, 0.3) is 0 Å². The van der Waals surface area contributed by atoms with Crippen LogP contribution in [0.4, 0.5) is 11.4 Å². The predicted octanol–water partition coefficient (Wildman–Crippen LogP) is 1.35. The highest BCUT2D eigenvalue weighted by Gasteiger charge is 2.14. The van der Waals surface area contributed by atoms with Crippen molar-refractivity contribution in [2.75, 3.05) is 18.6 Å². The molecule has 6 N–H and O–H groups in total. The average Bonchev–Trinajstić information content (AvgIpc) is 2.45. The summed E-state index contributed by atoms with van der Waals surface area (Å²) in [5, 5.41) is 0. The lowest BCUT2D eigenvalue weighted by Gasteiger charge is -2.04. The first kappa shape index (κ1) is 20.7. The maximum Gasteiger partial charge on any atom is 0.296 e. The number of benzene rings is 2. The molecule has 0 spiro atoms. The number of rotatable bonds is 3. The first-order valence-corrected chi connectivity index (χ1v) is 9.49. The van der Waals surface area contributed by atoms with Crippen LogP contribution >= 0.6 is 0 Å². The van der Waals surface area contributed by atoms with Crippen LogP contribution in [0.3, 0.4) is 0 Å². The summed E-state index contributed by atoms with van der Waals surface area (Å²) in [5.41, 5.74) is 11.6. The Morgan fingerprint density at radius 1 is 0.880 bits per heavy atom. The first-order valence-electron chi connectivity index (χ1n) is 6.61. The molecular formula is C14H18N2O7S2. The Kier molecular flexibility index (Phi) is 6.37. The molecular weight excluding hydrogens is 372 g/mol. The van der Waals surface area contributed by atoms with Crippen molar-refractivity contribution >= 4 is 31.6 Å². The minimum atomic E-state index is -4.27. The highest BCUT2D eigenvalue weighted by atomic mass is 32.2. The molecule has 2 rings (SSSR count). The summed E-state index contributed by atoms with van der Waals surface area (Å²) in [6, 6.07) is 8.20. The number of aryl methyl sites for hydroxylation is 1. The van der Waals surface area contributed by atoms with E-state index >= 15 is 0 Å². The van der Waals surface area contributed by atoms with Crippen LogP contribution in [-0.2, 0) is 20.2 Å². The van der Waals surface area contributed by atoms with Gasteiger partial charge in [0.1, 0.15) is 10.6 Å². The van der Waals surface area contributed by atoms with Gasteiger partial charge in [-0.15, -0.1) is 0 Å². The second-order valence-electron chi connectivity index (χ2n) is 4.88. The third kappa shape index (κ3) is 5.90. The van der Waals surface area contributed by atoms with E-state index in [1.54, 1.807) is 6.92 Å². The van der Waals surface area contributed by atoms with Gasteiger partial charge in [0, 0.05) is 11.8 Å². The maximum absolute atomic E-state index is 10.7.